The van der Waals surface area contributed by atoms with Gasteiger partial charge < -0.3 is 30.3 Å². The number of aromatic nitrogens is 2. The van der Waals surface area contributed by atoms with Gasteiger partial charge in [-0.15, -0.1) is 0 Å². The molecule has 0 saturated heterocycles. The van der Waals surface area contributed by atoms with Gasteiger partial charge in [-0.25, -0.2) is 9.78 Å². The molecule has 0 aliphatic rings. The average molecular weight is 422 g/mol. The number of carbonyl (C=O) groups excluding carboxylic acids is 1. The number of rotatable bonds is 7. The lowest BCUT2D eigenvalue weighted by Gasteiger charge is -2.14. The zero-order chi connectivity index (χ0) is 22.4. The molecule has 1 heterocycles. The fourth-order valence-corrected chi connectivity index (χ4v) is 2.87. The summed E-state index contributed by atoms with van der Waals surface area (Å²) in [6, 6.07) is 14.0. The van der Waals surface area contributed by atoms with Crippen molar-refractivity contribution < 1.29 is 14.3 Å². The van der Waals surface area contributed by atoms with Crippen molar-refractivity contribution in [1.82, 2.24) is 9.97 Å². The van der Waals surface area contributed by atoms with Gasteiger partial charge in [-0.05, 0) is 43.3 Å². The molecule has 3 rings (SSSR count). The summed E-state index contributed by atoms with van der Waals surface area (Å²) >= 11 is 0. The van der Waals surface area contributed by atoms with Gasteiger partial charge in [0.05, 0.1) is 19.9 Å². The predicted molar refractivity (Wildman–Crippen MR) is 123 cm³/mol. The van der Waals surface area contributed by atoms with Gasteiger partial charge >= 0.3 is 6.03 Å². The molecule has 0 aliphatic heterocycles. The quantitative estimate of drug-likeness (QED) is 0.523. The maximum Gasteiger partial charge on any atom is 0.323 e. The van der Waals surface area contributed by atoms with Gasteiger partial charge in [-0.3, -0.25) is 0 Å². The normalized spacial score (nSPS) is 10.2. The molecular weight excluding hydrogens is 396 g/mol. The molecule has 162 valence electrons. The van der Waals surface area contributed by atoms with Crippen LogP contribution in [0, 0.1) is 6.92 Å². The Hall–Kier alpha value is -4.01. The molecule has 9 heteroatoms. The monoisotopic (exact) mass is 422 g/mol. The van der Waals surface area contributed by atoms with Crippen molar-refractivity contribution in [2.75, 3.05) is 49.2 Å². The number of benzene rings is 2. The van der Waals surface area contributed by atoms with E-state index in [9.17, 15) is 4.79 Å². The minimum atomic E-state index is -0.398. The first-order valence-electron chi connectivity index (χ1n) is 9.58. The lowest BCUT2D eigenvalue weighted by molar-refractivity contribution is 0.262. The Balaban J connectivity index is 1.65. The van der Waals surface area contributed by atoms with E-state index in [1.54, 1.807) is 37.4 Å². The third-order valence-corrected chi connectivity index (χ3v) is 4.35. The summed E-state index contributed by atoms with van der Waals surface area (Å²) in [5, 5.41) is 8.74. The fourth-order valence-electron chi connectivity index (χ4n) is 2.87. The first-order chi connectivity index (χ1) is 14.9. The number of urea groups is 1. The number of hydrogen-bond acceptors (Lipinski definition) is 7. The van der Waals surface area contributed by atoms with Crippen LogP contribution >= 0.6 is 0 Å². The van der Waals surface area contributed by atoms with Crippen LogP contribution in [0.25, 0.3) is 0 Å². The fraction of sp³-hybridized carbons (Fsp3) is 0.227. The topological polar surface area (TPSA) is 101 Å². The zero-order valence-electron chi connectivity index (χ0n) is 18.2. The molecule has 0 saturated carbocycles. The van der Waals surface area contributed by atoms with Gasteiger partial charge in [0.2, 0.25) is 5.95 Å². The molecule has 1 aromatic heterocycles. The van der Waals surface area contributed by atoms with Gasteiger partial charge in [0.1, 0.15) is 5.82 Å². The number of methoxy groups -OCH3 is 2. The Morgan fingerprint density at radius 1 is 0.935 bits per heavy atom. The van der Waals surface area contributed by atoms with Crippen LogP contribution in [0.5, 0.6) is 11.5 Å². The largest absolute Gasteiger partial charge is 0.493 e. The van der Waals surface area contributed by atoms with Gasteiger partial charge in [0.15, 0.2) is 11.5 Å². The van der Waals surface area contributed by atoms with Gasteiger partial charge in [0, 0.05) is 37.2 Å². The molecule has 0 spiro atoms. The molecule has 31 heavy (non-hydrogen) atoms. The lowest BCUT2D eigenvalue weighted by Crippen LogP contribution is -2.19. The van der Waals surface area contributed by atoms with Crippen LogP contribution in [0.2, 0.25) is 0 Å². The highest BCUT2D eigenvalue weighted by Gasteiger charge is 2.12. The maximum atomic E-state index is 12.4. The molecule has 0 radical (unpaired) electrons. The Morgan fingerprint density at radius 2 is 1.65 bits per heavy atom. The molecule has 0 atom stereocenters. The highest BCUT2D eigenvalue weighted by molar-refractivity contribution is 6.01. The molecular formula is C22H26N6O3. The molecule has 2 amide bonds. The van der Waals surface area contributed by atoms with E-state index < -0.39 is 6.03 Å². The second kappa shape index (κ2) is 9.66. The number of ether oxygens (including phenoxy) is 2. The highest BCUT2D eigenvalue weighted by atomic mass is 16.5. The van der Waals surface area contributed by atoms with E-state index in [2.05, 4.69) is 25.9 Å². The van der Waals surface area contributed by atoms with Gasteiger partial charge in [-0.1, -0.05) is 6.07 Å². The van der Waals surface area contributed by atoms with Crippen LogP contribution < -0.4 is 30.3 Å². The van der Waals surface area contributed by atoms with Crippen LogP contribution in [0.4, 0.5) is 33.6 Å². The summed E-state index contributed by atoms with van der Waals surface area (Å²) in [5.74, 6) is 2.31. The SMILES string of the molecule is COc1cccc(NC(=O)Nc2ccc(Nc3nc(C)cc(N(C)C)n3)cc2)c1OC. The number of anilines is 5. The summed E-state index contributed by atoms with van der Waals surface area (Å²) in [7, 11) is 6.92. The summed E-state index contributed by atoms with van der Waals surface area (Å²) in [5.41, 5.74) is 2.80. The third kappa shape index (κ3) is 5.53. The van der Waals surface area contributed by atoms with E-state index in [4.69, 9.17) is 9.47 Å². The average Bonchev–Trinajstić information content (AvgIpc) is 2.74. The Labute approximate surface area is 181 Å². The number of carbonyl (C=O) groups is 1. The van der Waals surface area contributed by atoms with Gasteiger partial charge in [0.25, 0.3) is 0 Å². The van der Waals surface area contributed by atoms with Crippen molar-refractivity contribution in [3.8, 4) is 11.5 Å². The zero-order valence-corrected chi connectivity index (χ0v) is 18.2. The number of para-hydroxylation sites is 1. The number of aryl methyl sites for hydroxylation is 1. The van der Waals surface area contributed by atoms with Crippen molar-refractivity contribution in [3.05, 3.63) is 54.2 Å². The van der Waals surface area contributed by atoms with Crippen molar-refractivity contribution in [2.45, 2.75) is 6.92 Å². The van der Waals surface area contributed by atoms with Crippen molar-refractivity contribution in [2.24, 2.45) is 0 Å². The first-order valence-corrected chi connectivity index (χ1v) is 9.58. The van der Waals surface area contributed by atoms with E-state index in [1.807, 2.05) is 44.1 Å². The van der Waals surface area contributed by atoms with Crippen LogP contribution in [-0.4, -0.2) is 44.3 Å². The molecule has 9 nitrogen and oxygen atoms in total. The van der Waals surface area contributed by atoms with Crippen LogP contribution in [0.3, 0.4) is 0 Å². The Kier molecular flexibility index (Phi) is 6.76. The third-order valence-electron chi connectivity index (χ3n) is 4.35. The number of amides is 2. The van der Waals surface area contributed by atoms with E-state index in [0.29, 0.717) is 28.8 Å². The van der Waals surface area contributed by atoms with Crippen molar-refractivity contribution in [1.29, 1.82) is 0 Å². The molecule has 2 aromatic carbocycles. The molecule has 0 fully saturated rings. The molecule has 0 bridgehead atoms. The van der Waals surface area contributed by atoms with Gasteiger partial charge in [-0.2, -0.15) is 4.98 Å². The van der Waals surface area contributed by atoms with Crippen LogP contribution in [0.1, 0.15) is 5.69 Å². The minimum Gasteiger partial charge on any atom is -0.493 e. The van der Waals surface area contributed by atoms with E-state index >= 15 is 0 Å². The Morgan fingerprint density at radius 3 is 2.29 bits per heavy atom. The maximum absolute atomic E-state index is 12.4. The lowest BCUT2D eigenvalue weighted by atomic mass is 10.2. The smallest absolute Gasteiger partial charge is 0.323 e. The molecule has 0 unspecified atom stereocenters. The minimum absolute atomic E-state index is 0.398. The van der Waals surface area contributed by atoms with E-state index in [1.165, 1.54) is 7.11 Å². The van der Waals surface area contributed by atoms with Crippen molar-refractivity contribution in [3.63, 3.8) is 0 Å². The van der Waals surface area contributed by atoms with Crippen LogP contribution in [-0.2, 0) is 0 Å². The summed E-state index contributed by atoms with van der Waals surface area (Å²) in [6.07, 6.45) is 0. The summed E-state index contributed by atoms with van der Waals surface area (Å²) in [4.78, 5) is 23.2. The molecule has 0 aliphatic carbocycles. The second-order valence-corrected chi connectivity index (χ2v) is 6.91. The first kappa shape index (κ1) is 21.7. The summed E-state index contributed by atoms with van der Waals surface area (Å²) in [6.45, 7) is 1.92. The number of hydrogen-bond donors (Lipinski definition) is 3. The standard InChI is InChI=1S/C22H26N6O3/c1-14-13-19(28(2)3)27-21(23-14)24-15-9-11-16(12-10-15)25-22(29)26-17-7-6-8-18(30-4)20(17)31-5/h6-13H,1-5H3,(H,23,24,27)(H2,25,26,29). The second-order valence-electron chi connectivity index (χ2n) is 6.91. The predicted octanol–water partition coefficient (Wildman–Crippen LogP) is 4.26. The Bertz CT molecular complexity index is 1050. The molecule has 3 N–H and O–H groups in total. The van der Waals surface area contributed by atoms with Crippen molar-refractivity contribution >= 4 is 34.9 Å². The highest BCUT2D eigenvalue weighted by Crippen LogP contribution is 2.34. The number of nitrogens with one attached hydrogen (secondary N) is 3. The number of nitrogens with zero attached hydrogens (tertiary/aromatic N) is 3. The molecule has 3 aromatic rings. The summed E-state index contributed by atoms with van der Waals surface area (Å²) < 4.78 is 10.6. The van der Waals surface area contributed by atoms with E-state index in [-0.39, 0.29) is 0 Å². The van der Waals surface area contributed by atoms with E-state index in [0.717, 1.165) is 17.2 Å². The van der Waals surface area contributed by atoms with Crippen LogP contribution in [0.15, 0.2) is 48.5 Å².